The number of alkyl halides is 3. The van der Waals surface area contributed by atoms with E-state index in [1.807, 2.05) is 26.1 Å². The molecule has 4 rings (SSSR count). The fourth-order valence-electron chi connectivity index (χ4n) is 4.62. The molecule has 3 heterocycles. The number of halogens is 3. The molecule has 1 atom stereocenters. The van der Waals surface area contributed by atoms with Crippen molar-refractivity contribution < 1.29 is 18.0 Å². The Morgan fingerprint density at radius 2 is 1.82 bits per heavy atom. The number of aryl methyl sites for hydroxylation is 1. The number of nitrogens with zero attached hydrogens (tertiary/aromatic N) is 4. The molecule has 0 bridgehead atoms. The Bertz CT molecular complexity index is 883. The maximum atomic E-state index is 12.9. The van der Waals surface area contributed by atoms with E-state index in [4.69, 9.17) is 5.10 Å². The highest BCUT2D eigenvalue weighted by Crippen LogP contribution is 2.42. The molecule has 1 aliphatic carbocycles. The van der Waals surface area contributed by atoms with Crippen molar-refractivity contribution in [1.82, 2.24) is 19.5 Å². The minimum Gasteiger partial charge on any atom is -0.345 e. The lowest BCUT2D eigenvalue weighted by molar-refractivity contribution is -0.182. The molecule has 2 aromatic heterocycles. The monoisotopic (exact) mass is 394 g/mol. The maximum absolute atomic E-state index is 12.9. The number of carbonyl (C=O) groups excluding carboxylic acids is 1. The highest BCUT2D eigenvalue weighted by Gasteiger charge is 2.42. The number of amides is 1. The number of carbonyl (C=O) groups is 1. The first kappa shape index (κ1) is 19.2. The molecule has 1 amide bonds. The van der Waals surface area contributed by atoms with Crippen LogP contribution in [0, 0.1) is 12.8 Å². The Morgan fingerprint density at radius 1 is 1.11 bits per heavy atom. The van der Waals surface area contributed by atoms with Crippen LogP contribution in [-0.2, 0) is 4.79 Å². The third-order valence-electron chi connectivity index (χ3n) is 6.23. The number of aromatic nitrogens is 3. The number of likely N-dealkylation sites (tertiary alicyclic amines) is 1. The van der Waals surface area contributed by atoms with E-state index in [2.05, 4.69) is 4.98 Å². The lowest BCUT2D eigenvalue weighted by Gasteiger charge is -2.29. The summed E-state index contributed by atoms with van der Waals surface area (Å²) in [6, 6.07) is 3.79. The SMILES string of the molecule is Cc1cc(C2CCCN(C)C2=O)n2nc(C3CCC(C(F)(F)F)CC3)cc2n1. The van der Waals surface area contributed by atoms with Crippen molar-refractivity contribution in [3.8, 4) is 0 Å². The summed E-state index contributed by atoms with van der Waals surface area (Å²) in [5, 5.41) is 4.70. The first-order valence-corrected chi connectivity index (χ1v) is 9.93. The summed E-state index contributed by atoms with van der Waals surface area (Å²) < 4.78 is 40.6. The van der Waals surface area contributed by atoms with Crippen LogP contribution in [0.5, 0.6) is 0 Å². The molecule has 0 radical (unpaired) electrons. The molecule has 1 saturated carbocycles. The molecule has 1 aliphatic heterocycles. The van der Waals surface area contributed by atoms with E-state index in [0.717, 1.165) is 36.5 Å². The Hall–Kier alpha value is -2.12. The van der Waals surface area contributed by atoms with E-state index in [1.54, 1.807) is 9.42 Å². The fraction of sp³-hybridized carbons (Fsp3) is 0.650. The Morgan fingerprint density at radius 3 is 2.50 bits per heavy atom. The normalized spacial score (nSPS) is 26.8. The van der Waals surface area contributed by atoms with Gasteiger partial charge in [-0.25, -0.2) is 9.50 Å². The maximum Gasteiger partial charge on any atom is 0.391 e. The van der Waals surface area contributed by atoms with Crippen molar-refractivity contribution in [3.63, 3.8) is 0 Å². The number of piperidine rings is 1. The summed E-state index contributed by atoms with van der Waals surface area (Å²) in [6.45, 7) is 2.65. The summed E-state index contributed by atoms with van der Waals surface area (Å²) >= 11 is 0. The topological polar surface area (TPSA) is 50.5 Å². The summed E-state index contributed by atoms with van der Waals surface area (Å²) in [6.07, 6.45) is -1.15. The first-order valence-electron chi connectivity index (χ1n) is 9.93. The largest absolute Gasteiger partial charge is 0.391 e. The van der Waals surface area contributed by atoms with Gasteiger partial charge in [0, 0.05) is 31.3 Å². The van der Waals surface area contributed by atoms with Crippen LogP contribution < -0.4 is 0 Å². The molecule has 2 aliphatic rings. The van der Waals surface area contributed by atoms with Crippen LogP contribution >= 0.6 is 0 Å². The second-order valence-corrected chi connectivity index (χ2v) is 8.21. The number of hydrogen-bond acceptors (Lipinski definition) is 3. The lowest BCUT2D eigenvalue weighted by atomic mass is 9.80. The predicted molar refractivity (Wildman–Crippen MR) is 98.1 cm³/mol. The van der Waals surface area contributed by atoms with Gasteiger partial charge in [0.25, 0.3) is 0 Å². The van der Waals surface area contributed by atoms with Crippen molar-refractivity contribution in [2.24, 2.45) is 5.92 Å². The van der Waals surface area contributed by atoms with E-state index >= 15 is 0 Å². The van der Waals surface area contributed by atoms with Crippen LogP contribution in [0.2, 0.25) is 0 Å². The van der Waals surface area contributed by atoms with Crippen molar-refractivity contribution in [2.45, 2.75) is 63.5 Å². The first-order chi connectivity index (χ1) is 13.2. The van der Waals surface area contributed by atoms with Crippen molar-refractivity contribution in [3.05, 3.63) is 29.2 Å². The van der Waals surface area contributed by atoms with Gasteiger partial charge in [-0.05, 0) is 51.5 Å². The highest BCUT2D eigenvalue weighted by atomic mass is 19.4. The van der Waals surface area contributed by atoms with Crippen LogP contribution in [0.25, 0.3) is 5.65 Å². The number of hydrogen-bond donors (Lipinski definition) is 0. The summed E-state index contributed by atoms with van der Waals surface area (Å²) in [5.74, 6) is -1.36. The average molecular weight is 394 g/mol. The van der Waals surface area contributed by atoms with Crippen LogP contribution in [0.1, 0.15) is 67.4 Å². The minimum absolute atomic E-state index is 0.0122. The minimum atomic E-state index is -4.11. The molecule has 0 N–H and O–H groups in total. The van der Waals surface area contributed by atoms with Crippen molar-refractivity contribution >= 4 is 11.6 Å². The molecule has 0 aromatic carbocycles. The second-order valence-electron chi connectivity index (χ2n) is 8.21. The van der Waals surface area contributed by atoms with Gasteiger partial charge in [-0.15, -0.1) is 0 Å². The second kappa shape index (κ2) is 7.04. The molecular formula is C20H25F3N4O. The van der Waals surface area contributed by atoms with Gasteiger partial charge in [0.1, 0.15) is 0 Å². The standard InChI is InChI=1S/C20H25F3N4O/c1-12-10-17(15-4-3-9-26(2)19(15)28)27-18(24-12)11-16(25-27)13-5-7-14(8-6-13)20(21,22)23/h10-11,13-15H,3-9H2,1-2H3. The third-order valence-corrected chi connectivity index (χ3v) is 6.23. The zero-order chi connectivity index (χ0) is 20.1. The molecule has 2 fully saturated rings. The Kier molecular flexibility index (Phi) is 4.83. The van der Waals surface area contributed by atoms with Crippen LogP contribution in [0.15, 0.2) is 12.1 Å². The Balaban J connectivity index is 1.64. The van der Waals surface area contributed by atoms with Gasteiger partial charge in [-0.3, -0.25) is 4.79 Å². The van der Waals surface area contributed by atoms with Crippen molar-refractivity contribution in [1.29, 1.82) is 0 Å². The van der Waals surface area contributed by atoms with Gasteiger partial charge in [-0.1, -0.05) is 0 Å². The molecular weight excluding hydrogens is 369 g/mol. The van der Waals surface area contributed by atoms with Gasteiger partial charge in [-0.2, -0.15) is 18.3 Å². The van der Waals surface area contributed by atoms with Gasteiger partial charge in [0.15, 0.2) is 5.65 Å². The zero-order valence-corrected chi connectivity index (χ0v) is 16.2. The van der Waals surface area contributed by atoms with Gasteiger partial charge >= 0.3 is 6.18 Å². The molecule has 0 spiro atoms. The molecule has 28 heavy (non-hydrogen) atoms. The number of rotatable bonds is 2. The number of likely N-dealkylation sites (N-methyl/N-ethyl adjacent to an activating group) is 1. The van der Waals surface area contributed by atoms with E-state index in [-0.39, 0.29) is 30.6 Å². The predicted octanol–water partition coefficient (Wildman–Crippen LogP) is 4.21. The number of fused-ring (bicyclic) bond motifs is 1. The average Bonchev–Trinajstić information content (AvgIpc) is 3.07. The smallest absolute Gasteiger partial charge is 0.345 e. The molecule has 5 nitrogen and oxygen atoms in total. The van der Waals surface area contributed by atoms with Crippen molar-refractivity contribution in [2.75, 3.05) is 13.6 Å². The molecule has 1 saturated heterocycles. The molecule has 8 heteroatoms. The van der Waals surface area contributed by atoms with E-state index in [9.17, 15) is 18.0 Å². The van der Waals surface area contributed by atoms with Crippen LogP contribution in [0.4, 0.5) is 13.2 Å². The fourth-order valence-corrected chi connectivity index (χ4v) is 4.62. The summed E-state index contributed by atoms with van der Waals surface area (Å²) in [4.78, 5) is 19.0. The molecule has 152 valence electrons. The van der Waals surface area contributed by atoms with Crippen LogP contribution in [0.3, 0.4) is 0 Å². The van der Waals surface area contributed by atoms with Crippen LogP contribution in [-0.4, -0.2) is 45.2 Å². The van der Waals surface area contributed by atoms with Gasteiger partial charge in [0.05, 0.1) is 23.2 Å². The quantitative estimate of drug-likeness (QED) is 0.767. The Labute approximate surface area is 161 Å². The van der Waals surface area contributed by atoms with Gasteiger partial charge < -0.3 is 4.90 Å². The van der Waals surface area contributed by atoms with E-state index in [0.29, 0.717) is 18.5 Å². The summed E-state index contributed by atoms with van der Waals surface area (Å²) in [7, 11) is 1.81. The zero-order valence-electron chi connectivity index (χ0n) is 16.2. The highest BCUT2D eigenvalue weighted by molar-refractivity contribution is 5.84. The van der Waals surface area contributed by atoms with E-state index in [1.165, 1.54) is 0 Å². The van der Waals surface area contributed by atoms with Gasteiger partial charge in [0.2, 0.25) is 5.91 Å². The third kappa shape index (κ3) is 3.49. The molecule has 2 aromatic rings. The molecule has 1 unspecified atom stereocenters. The summed E-state index contributed by atoms with van der Waals surface area (Å²) in [5.41, 5.74) is 3.10. The van der Waals surface area contributed by atoms with E-state index < -0.39 is 12.1 Å². The lowest BCUT2D eigenvalue weighted by Crippen LogP contribution is -2.37.